The lowest BCUT2D eigenvalue weighted by Gasteiger charge is -2.20. The number of hydrogen-bond donors (Lipinski definition) is 1. The minimum Gasteiger partial charge on any atom is -0.352 e. The summed E-state index contributed by atoms with van der Waals surface area (Å²) < 4.78 is 13.7. The molecule has 2 aliphatic rings. The average Bonchev–Trinajstić information content (AvgIpc) is 3.35. The highest BCUT2D eigenvalue weighted by molar-refractivity contribution is 6.01. The van der Waals surface area contributed by atoms with Crippen LogP contribution < -0.4 is 15.1 Å². The van der Waals surface area contributed by atoms with Gasteiger partial charge in [-0.3, -0.25) is 14.4 Å². The van der Waals surface area contributed by atoms with Gasteiger partial charge in [0.25, 0.3) is 0 Å². The molecule has 1 atom stereocenters. The number of carbonyl (C=O) groups excluding carboxylic acids is 3. The Labute approximate surface area is 174 Å². The monoisotopic (exact) mass is 409 g/mol. The molecule has 1 N–H and O–H groups in total. The third-order valence-corrected chi connectivity index (χ3v) is 5.78. The number of fused-ring (bicyclic) bond motifs is 1. The maximum atomic E-state index is 13.7. The number of anilines is 2. The van der Waals surface area contributed by atoms with Crippen molar-refractivity contribution in [2.75, 3.05) is 22.9 Å². The van der Waals surface area contributed by atoms with Crippen molar-refractivity contribution in [2.24, 2.45) is 5.92 Å². The van der Waals surface area contributed by atoms with Gasteiger partial charge in [0.2, 0.25) is 17.7 Å². The molecular weight excluding hydrogens is 385 g/mol. The maximum Gasteiger partial charge on any atom is 0.227 e. The first-order valence-electron chi connectivity index (χ1n) is 10.2. The lowest BCUT2D eigenvalue weighted by atomic mass is 10.1. The SMILES string of the molecule is CCC(=O)N1CCc2cc(N3CC(C(=O)NCc4ccccc4F)CC3=O)ccc21. The third kappa shape index (κ3) is 3.79. The van der Waals surface area contributed by atoms with E-state index >= 15 is 0 Å². The van der Waals surface area contributed by atoms with E-state index in [1.54, 1.807) is 28.0 Å². The fraction of sp³-hybridized carbons (Fsp3) is 0.348. The summed E-state index contributed by atoms with van der Waals surface area (Å²) in [6.45, 7) is 2.88. The van der Waals surface area contributed by atoms with E-state index in [1.165, 1.54) is 6.07 Å². The minimum absolute atomic E-state index is 0.0883. The second-order valence-electron chi connectivity index (χ2n) is 7.68. The van der Waals surface area contributed by atoms with Crippen LogP contribution in [0.5, 0.6) is 0 Å². The van der Waals surface area contributed by atoms with Gasteiger partial charge in [0.05, 0.1) is 5.92 Å². The Morgan fingerprint density at radius 2 is 2.00 bits per heavy atom. The first-order chi connectivity index (χ1) is 14.5. The summed E-state index contributed by atoms with van der Waals surface area (Å²) in [6.07, 6.45) is 1.33. The van der Waals surface area contributed by atoms with Crippen molar-refractivity contribution < 1.29 is 18.8 Å². The highest BCUT2D eigenvalue weighted by Crippen LogP contribution is 2.34. The molecule has 0 bridgehead atoms. The van der Waals surface area contributed by atoms with E-state index in [0.717, 1.165) is 23.4 Å². The second kappa shape index (κ2) is 8.26. The Morgan fingerprint density at radius 3 is 2.77 bits per heavy atom. The van der Waals surface area contributed by atoms with Crippen molar-refractivity contribution in [2.45, 2.75) is 32.7 Å². The molecular formula is C23H24FN3O3. The predicted molar refractivity (Wildman–Crippen MR) is 111 cm³/mol. The van der Waals surface area contributed by atoms with Crippen LogP contribution in [0.3, 0.4) is 0 Å². The highest BCUT2D eigenvalue weighted by Gasteiger charge is 2.35. The van der Waals surface area contributed by atoms with E-state index in [-0.39, 0.29) is 36.5 Å². The number of carbonyl (C=O) groups is 3. The molecule has 2 aliphatic heterocycles. The van der Waals surface area contributed by atoms with E-state index in [4.69, 9.17) is 0 Å². The summed E-state index contributed by atoms with van der Waals surface area (Å²) in [7, 11) is 0. The number of benzene rings is 2. The summed E-state index contributed by atoms with van der Waals surface area (Å²) in [5.41, 5.74) is 3.09. The van der Waals surface area contributed by atoms with Crippen LogP contribution in [0, 0.1) is 11.7 Å². The zero-order valence-electron chi connectivity index (χ0n) is 16.9. The van der Waals surface area contributed by atoms with E-state index < -0.39 is 5.92 Å². The molecule has 0 spiro atoms. The number of halogens is 1. The molecule has 0 aliphatic carbocycles. The Hall–Kier alpha value is -3.22. The summed E-state index contributed by atoms with van der Waals surface area (Å²) in [5.74, 6) is -1.12. The lowest BCUT2D eigenvalue weighted by Crippen LogP contribution is -2.32. The van der Waals surface area contributed by atoms with Crippen LogP contribution in [0.1, 0.15) is 30.9 Å². The fourth-order valence-corrected chi connectivity index (χ4v) is 4.11. The van der Waals surface area contributed by atoms with E-state index in [0.29, 0.717) is 25.1 Å². The molecule has 3 amide bonds. The fourth-order valence-electron chi connectivity index (χ4n) is 4.11. The molecule has 30 heavy (non-hydrogen) atoms. The molecule has 1 saturated heterocycles. The van der Waals surface area contributed by atoms with Gasteiger partial charge in [0.1, 0.15) is 5.82 Å². The summed E-state index contributed by atoms with van der Waals surface area (Å²) >= 11 is 0. The maximum absolute atomic E-state index is 13.7. The van der Waals surface area contributed by atoms with Gasteiger partial charge in [0, 0.05) is 49.4 Å². The average molecular weight is 409 g/mol. The largest absolute Gasteiger partial charge is 0.352 e. The van der Waals surface area contributed by atoms with Gasteiger partial charge in [-0.05, 0) is 36.2 Å². The molecule has 2 aromatic rings. The van der Waals surface area contributed by atoms with Crippen LogP contribution in [0.4, 0.5) is 15.8 Å². The van der Waals surface area contributed by atoms with Crippen molar-refractivity contribution >= 4 is 29.1 Å². The van der Waals surface area contributed by atoms with Crippen LogP contribution in [0.25, 0.3) is 0 Å². The van der Waals surface area contributed by atoms with Gasteiger partial charge in [-0.1, -0.05) is 25.1 Å². The van der Waals surface area contributed by atoms with Gasteiger partial charge in [-0.25, -0.2) is 4.39 Å². The number of rotatable bonds is 5. The van der Waals surface area contributed by atoms with Crippen LogP contribution in [-0.2, 0) is 27.3 Å². The number of nitrogens with zero attached hydrogens (tertiary/aromatic N) is 2. The zero-order valence-corrected chi connectivity index (χ0v) is 16.9. The van der Waals surface area contributed by atoms with Gasteiger partial charge in [-0.2, -0.15) is 0 Å². The quantitative estimate of drug-likeness (QED) is 0.826. The summed E-state index contributed by atoms with van der Waals surface area (Å²) in [4.78, 5) is 40.6. The molecule has 1 fully saturated rings. The summed E-state index contributed by atoms with van der Waals surface area (Å²) in [6, 6.07) is 11.9. The Balaban J connectivity index is 1.42. The van der Waals surface area contributed by atoms with Crippen LogP contribution in [0.15, 0.2) is 42.5 Å². The molecule has 4 rings (SSSR count). The number of amides is 3. The number of hydrogen-bond acceptors (Lipinski definition) is 3. The highest BCUT2D eigenvalue weighted by atomic mass is 19.1. The lowest BCUT2D eigenvalue weighted by molar-refractivity contribution is -0.126. The van der Waals surface area contributed by atoms with Crippen molar-refractivity contribution in [3.63, 3.8) is 0 Å². The van der Waals surface area contributed by atoms with Gasteiger partial charge < -0.3 is 15.1 Å². The van der Waals surface area contributed by atoms with Crippen molar-refractivity contribution in [3.05, 3.63) is 59.4 Å². The van der Waals surface area contributed by atoms with E-state index in [2.05, 4.69) is 5.32 Å². The van der Waals surface area contributed by atoms with E-state index in [1.807, 2.05) is 25.1 Å². The molecule has 7 heteroatoms. The van der Waals surface area contributed by atoms with E-state index in [9.17, 15) is 18.8 Å². The normalized spacial score (nSPS) is 17.9. The molecule has 6 nitrogen and oxygen atoms in total. The number of nitrogens with one attached hydrogen (secondary N) is 1. The third-order valence-electron chi connectivity index (χ3n) is 5.78. The van der Waals surface area contributed by atoms with Gasteiger partial charge in [0.15, 0.2) is 0 Å². The smallest absolute Gasteiger partial charge is 0.227 e. The van der Waals surface area contributed by atoms with Crippen LogP contribution >= 0.6 is 0 Å². The van der Waals surface area contributed by atoms with Gasteiger partial charge >= 0.3 is 0 Å². The molecule has 0 aromatic heterocycles. The minimum atomic E-state index is -0.476. The van der Waals surface area contributed by atoms with Gasteiger partial charge in [-0.15, -0.1) is 0 Å². The van der Waals surface area contributed by atoms with Crippen LogP contribution in [0.2, 0.25) is 0 Å². The Bertz CT molecular complexity index is 1010. The van der Waals surface area contributed by atoms with Crippen LogP contribution in [-0.4, -0.2) is 30.8 Å². The van der Waals surface area contributed by atoms with Crippen molar-refractivity contribution in [3.8, 4) is 0 Å². The zero-order chi connectivity index (χ0) is 21.3. The second-order valence-corrected chi connectivity index (χ2v) is 7.68. The van der Waals surface area contributed by atoms with Crippen molar-refractivity contribution in [1.29, 1.82) is 0 Å². The first-order valence-corrected chi connectivity index (χ1v) is 10.2. The topological polar surface area (TPSA) is 69.7 Å². The molecule has 2 aromatic carbocycles. The summed E-state index contributed by atoms with van der Waals surface area (Å²) in [5, 5.41) is 2.74. The molecule has 1 unspecified atom stereocenters. The molecule has 0 saturated carbocycles. The first kappa shape index (κ1) is 20.1. The standard InChI is InChI=1S/C23H24FN3O3/c1-2-21(28)26-10-9-15-11-18(7-8-20(15)26)27-14-17(12-22(27)29)23(30)25-13-16-5-3-4-6-19(16)24/h3-8,11,17H,2,9-10,12-14H2,1H3,(H,25,30). The Kier molecular flexibility index (Phi) is 5.53. The molecule has 0 radical (unpaired) electrons. The molecule has 156 valence electrons. The molecule has 2 heterocycles. The predicted octanol–water partition coefficient (Wildman–Crippen LogP) is 2.79. The van der Waals surface area contributed by atoms with Crippen molar-refractivity contribution in [1.82, 2.24) is 5.32 Å². The Morgan fingerprint density at radius 1 is 1.20 bits per heavy atom.